The van der Waals surface area contributed by atoms with Gasteiger partial charge in [-0.2, -0.15) is 0 Å². The number of anilines is 2. The number of pyridine rings is 1. The van der Waals surface area contributed by atoms with Gasteiger partial charge in [-0.3, -0.25) is 9.71 Å². The van der Waals surface area contributed by atoms with Crippen molar-refractivity contribution < 1.29 is 18.6 Å². The van der Waals surface area contributed by atoms with E-state index < -0.39 is 16.1 Å². The number of aryl methyl sites for hydroxylation is 1. The zero-order valence-corrected chi connectivity index (χ0v) is 15.4. The average molecular weight is 385 g/mol. The smallest absolute Gasteiger partial charge is 0.262 e. The van der Waals surface area contributed by atoms with Crippen LogP contribution in [0.2, 0.25) is 0 Å². The van der Waals surface area contributed by atoms with E-state index in [0.717, 1.165) is 16.5 Å². The standard InChI is InChI=1S/C19H19N3O4S/c1-11-7-16-15-8-12(21-13(9-23)10-24)4-5-17(15)27(25,26)22-19(16)18-14(11)3-2-6-20-18/h2-8,13,21-24H,9-10H2,1H3. The minimum atomic E-state index is -3.73. The number of hydrogen-bond donors (Lipinski definition) is 4. The van der Waals surface area contributed by atoms with E-state index >= 15 is 0 Å². The first-order chi connectivity index (χ1) is 12.9. The predicted octanol–water partition coefficient (Wildman–Crippen LogP) is 2.09. The largest absolute Gasteiger partial charge is 0.394 e. The third kappa shape index (κ3) is 2.91. The van der Waals surface area contributed by atoms with E-state index in [4.69, 9.17) is 0 Å². The van der Waals surface area contributed by atoms with Crippen LogP contribution in [-0.4, -0.2) is 42.9 Å². The number of aliphatic hydroxyl groups is 2. The van der Waals surface area contributed by atoms with Gasteiger partial charge >= 0.3 is 0 Å². The van der Waals surface area contributed by atoms with Crippen molar-refractivity contribution in [2.45, 2.75) is 17.9 Å². The van der Waals surface area contributed by atoms with Gasteiger partial charge in [0, 0.05) is 28.4 Å². The maximum absolute atomic E-state index is 12.8. The molecule has 4 rings (SSSR count). The number of rotatable bonds is 4. The van der Waals surface area contributed by atoms with Gasteiger partial charge in [0.1, 0.15) is 0 Å². The summed E-state index contributed by atoms with van der Waals surface area (Å²) < 4.78 is 28.2. The van der Waals surface area contributed by atoms with Crippen molar-refractivity contribution in [3.05, 3.63) is 48.2 Å². The monoisotopic (exact) mass is 385 g/mol. The molecule has 2 aromatic carbocycles. The Morgan fingerprint density at radius 1 is 1.15 bits per heavy atom. The number of fused-ring (bicyclic) bond motifs is 5. The van der Waals surface area contributed by atoms with E-state index in [-0.39, 0.29) is 18.1 Å². The highest BCUT2D eigenvalue weighted by Crippen LogP contribution is 2.44. The molecule has 1 aliphatic rings. The second-order valence-corrected chi connectivity index (χ2v) is 8.19. The Balaban J connectivity index is 1.96. The molecule has 0 fully saturated rings. The molecular weight excluding hydrogens is 366 g/mol. The summed E-state index contributed by atoms with van der Waals surface area (Å²) in [6.45, 7) is 1.48. The van der Waals surface area contributed by atoms with Gasteiger partial charge in [-0.25, -0.2) is 8.42 Å². The molecule has 0 bridgehead atoms. The summed E-state index contributed by atoms with van der Waals surface area (Å²) in [5.74, 6) is 0. The Bertz CT molecular complexity index is 1140. The number of sulfonamides is 1. The second kappa shape index (κ2) is 6.49. The quantitative estimate of drug-likeness (QED) is 0.547. The fourth-order valence-electron chi connectivity index (χ4n) is 3.37. The van der Waals surface area contributed by atoms with Crippen molar-refractivity contribution in [1.29, 1.82) is 0 Å². The van der Waals surface area contributed by atoms with Crippen LogP contribution < -0.4 is 10.0 Å². The molecule has 0 atom stereocenters. The molecule has 7 nitrogen and oxygen atoms in total. The van der Waals surface area contributed by atoms with Crippen molar-refractivity contribution in [2.24, 2.45) is 0 Å². The van der Waals surface area contributed by atoms with Crippen molar-refractivity contribution >= 4 is 32.3 Å². The molecule has 2 heterocycles. The van der Waals surface area contributed by atoms with E-state index in [2.05, 4.69) is 15.0 Å². The molecule has 140 valence electrons. The molecule has 4 N–H and O–H groups in total. The van der Waals surface area contributed by atoms with Gasteiger partial charge in [-0.15, -0.1) is 0 Å². The Kier molecular flexibility index (Phi) is 4.26. The number of nitrogens with zero attached hydrogens (tertiary/aromatic N) is 1. The van der Waals surface area contributed by atoms with Crippen LogP contribution in [0.3, 0.4) is 0 Å². The summed E-state index contributed by atoms with van der Waals surface area (Å²) >= 11 is 0. The second-order valence-electron chi connectivity index (χ2n) is 6.54. The molecule has 0 saturated heterocycles. The molecule has 1 aromatic heterocycles. The molecular formula is C19H19N3O4S. The van der Waals surface area contributed by atoms with Crippen molar-refractivity contribution in [1.82, 2.24) is 4.98 Å². The maximum atomic E-state index is 12.8. The molecule has 0 unspecified atom stereocenters. The summed E-state index contributed by atoms with van der Waals surface area (Å²) in [7, 11) is -3.73. The van der Waals surface area contributed by atoms with E-state index in [9.17, 15) is 18.6 Å². The normalized spacial score (nSPS) is 14.5. The van der Waals surface area contributed by atoms with Crippen LogP contribution in [0, 0.1) is 6.92 Å². The van der Waals surface area contributed by atoms with Crippen LogP contribution in [0.15, 0.2) is 47.5 Å². The maximum Gasteiger partial charge on any atom is 0.262 e. The van der Waals surface area contributed by atoms with Gasteiger partial charge in [0.25, 0.3) is 10.0 Å². The lowest BCUT2D eigenvalue weighted by Crippen LogP contribution is -2.27. The van der Waals surface area contributed by atoms with Gasteiger partial charge in [-0.05, 0) is 42.8 Å². The Morgan fingerprint density at radius 2 is 1.93 bits per heavy atom. The summed E-state index contributed by atoms with van der Waals surface area (Å²) in [4.78, 5) is 4.56. The summed E-state index contributed by atoms with van der Waals surface area (Å²) in [6, 6.07) is 10.0. The first kappa shape index (κ1) is 17.7. The predicted molar refractivity (Wildman–Crippen MR) is 104 cm³/mol. The number of hydrogen-bond acceptors (Lipinski definition) is 6. The average Bonchev–Trinajstić information content (AvgIpc) is 2.67. The third-order valence-corrected chi connectivity index (χ3v) is 6.11. The minimum Gasteiger partial charge on any atom is -0.394 e. The highest BCUT2D eigenvalue weighted by atomic mass is 32.2. The van der Waals surface area contributed by atoms with Crippen LogP contribution in [0.5, 0.6) is 0 Å². The lowest BCUT2D eigenvalue weighted by atomic mass is 9.97. The van der Waals surface area contributed by atoms with Crippen LogP contribution in [0.4, 0.5) is 11.4 Å². The van der Waals surface area contributed by atoms with Gasteiger partial charge in [0.05, 0.1) is 35.4 Å². The summed E-state index contributed by atoms with van der Waals surface area (Å²) in [6.07, 6.45) is 1.64. The lowest BCUT2D eigenvalue weighted by molar-refractivity contribution is 0.204. The summed E-state index contributed by atoms with van der Waals surface area (Å²) in [5.41, 5.74) is 3.97. The van der Waals surface area contributed by atoms with Crippen LogP contribution >= 0.6 is 0 Å². The van der Waals surface area contributed by atoms with E-state index in [1.165, 1.54) is 6.07 Å². The van der Waals surface area contributed by atoms with Crippen molar-refractivity contribution in [3.63, 3.8) is 0 Å². The summed E-state index contributed by atoms with van der Waals surface area (Å²) in [5, 5.41) is 22.5. The fraction of sp³-hybridized carbons (Fsp3) is 0.211. The highest BCUT2D eigenvalue weighted by molar-refractivity contribution is 7.93. The van der Waals surface area contributed by atoms with Gasteiger partial charge in [0.15, 0.2) is 0 Å². The van der Waals surface area contributed by atoms with Crippen LogP contribution in [0.1, 0.15) is 5.56 Å². The first-order valence-corrected chi connectivity index (χ1v) is 9.96. The van der Waals surface area contributed by atoms with E-state index in [0.29, 0.717) is 22.5 Å². The third-order valence-electron chi connectivity index (χ3n) is 4.71. The molecule has 0 spiro atoms. The fourth-order valence-corrected chi connectivity index (χ4v) is 4.66. The minimum absolute atomic E-state index is 0.180. The Morgan fingerprint density at radius 3 is 2.67 bits per heavy atom. The molecule has 0 aliphatic carbocycles. The highest BCUT2D eigenvalue weighted by Gasteiger charge is 2.30. The van der Waals surface area contributed by atoms with E-state index in [1.807, 2.05) is 25.1 Å². The Hall–Kier alpha value is -2.68. The first-order valence-electron chi connectivity index (χ1n) is 8.48. The molecule has 1 aliphatic heterocycles. The Labute approximate surface area is 156 Å². The van der Waals surface area contributed by atoms with Crippen molar-refractivity contribution in [2.75, 3.05) is 23.3 Å². The molecule has 8 heteroatoms. The molecule has 27 heavy (non-hydrogen) atoms. The number of aliphatic hydroxyl groups excluding tert-OH is 2. The number of benzene rings is 2. The van der Waals surface area contributed by atoms with Crippen molar-refractivity contribution in [3.8, 4) is 11.1 Å². The molecule has 0 saturated carbocycles. The molecule has 3 aromatic rings. The van der Waals surface area contributed by atoms with Crippen LogP contribution in [0.25, 0.3) is 22.0 Å². The zero-order chi connectivity index (χ0) is 19.2. The zero-order valence-electron chi connectivity index (χ0n) is 14.6. The molecule has 0 amide bonds. The SMILES string of the molecule is Cc1cc2c(c3ncccc13)NS(=O)(=O)c1ccc(NC(CO)CO)cc1-2. The lowest BCUT2D eigenvalue weighted by Gasteiger charge is -2.25. The number of nitrogens with one attached hydrogen (secondary N) is 2. The topological polar surface area (TPSA) is 112 Å². The van der Waals surface area contributed by atoms with Gasteiger partial charge < -0.3 is 15.5 Å². The molecule has 0 radical (unpaired) electrons. The van der Waals surface area contributed by atoms with E-state index in [1.54, 1.807) is 18.3 Å². The number of aromatic nitrogens is 1. The van der Waals surface area contributed by atoms with Crippen LogP contribution in [-0.2, 0) is 10.0 Å². The van der Waals surface area contributed by atoms with Gasteiger partial charge in [-0.1, -0.05) is 6.07 Å². The van der Waals surface area contributed by atoms with Gasteiger partial charge in [0.2, 0.25) is 0 Å².